The van der Waals surface area contributed by atoms with E-state index < -0.39 is 0 Å². The molecular weight excluding hydrogens is 276 g/mol. The SMILES string of the molecule is Cc1nn2c(=O)cc(CN3CCOC(C)(C)C3)nc2s1. The van der Waals surface area contributed by atoms with Crippen LogP contribution in [0.15, 0.2) is 10.9 Å². The molecule has 108 valence electrons. The molecule has 0 spiro atoms. The molecule has 1 aliphatic rings. The van der Waals surface area contributed by atoms with Crippen LogP contribution in [0.25, 0.3) is 4.96 Å². The summed E-state index contributed by atoms with van der Waals surface area (Å²) in [6.07, 6.45) is 0. The van der Waals surface area contributed by atoms with Crippen molar-refractivity contribution < 1.29 is 4.74 Å². The number of rotatable bonds is 2. The third-order valence-corrected chi connectivity index (χ3v) is 4.11. The van der Waals surface area contributed by atoms with E-state index in [1.54, 1.807) is 6.07 Å². The number of morpholine rings is 1. The van der Waals surface area contributed by atoms with Crippen LogP contribution in [0.4, 0.5) is 0 Å². The lowest BCUT2D eigenvalue weighted by molar-refractivity contribution is -0.0885. The fraction of sp³-hybridized carbons (Fsp3) is 0.615. The van der Waals surface area contributed by atoms with Gasteiger partial charge in [0, 0.05) is 25.7 Å². The molecule has 20 heavy (non-hydrogen) atoms. The first-order chi connectivity index (χ1) is 9.43. The summed E-state index contributed by atoms with van der Waals surface area (Å²) in [6, 6.07) is 1.58. The molecule has 3 rings (SSSR count). The zero-order chi connectivity index (χ0) is 14.3. The zero-order valence-electron chi connectivity index (χ0n) is 11.9. The average Bonchev–Trinajstić information content (AvgIpc) is 2.69. The molecule has 6 nitrogen and oxygen atoms in total. The van der Waals surface area contributed by atoms with Gasteiger partial charge >= 0.3 is 0 Å². The number of fused-ring (bicyclic) bond motifs is 1. The van der Waals surface area contributed by atoms with Gasteiger partial charge in [-0.25, -0.2) is 4.98 Å². The predicted octanol–water partition coefficient (Wildman–Crippen LogP) is 1.07. The molecule has 1 saturated heterocycles. The number of aryl methyl sites for hydroxylation is 1. The Hall–Kier alpha value is -1.31. The molecule has 0 radical (unpaired) electrons. The summed E-state index contributed by atoms with van der Waals surface area (Å²) in [5.74, 6) is 0. The lowest BCUT2D eigenvalue weighted by atomic mass is 10.1. The van der Waals surface area contributed by atoms with Crippen molar-refractivity contribution in [1.29, 1.82) is 0 Å². The second kappa shape index (κ2) is 4.91. The minimum Gasteiger partial charge on any atom is -0.373 e. The molecule has 3 heterocycles. The smallest absolute Gasteiger partial charge is 0.275 e. The van der Waals surface area contributed by atoms with Gasteiger partial charge in [0.25, 0.3) is 5.56 Å². The number of hydrogen-bond donors (Lipinski definition) is 0. The molecule has 7 heteroatoms. The lowest BCUT2D eigenvalue weighted by Crippen LogP contribution is -2.47. The van der Waals surface area contributed by atoms with Crippen molar-refractivity contribution in [3.05, 3.63) is 27.1 Å². The molecule has 0 bridgehead atoms. The van der Waals surface area contributed by atoms with Crippen molar-refractivity contribution in [3.8, 4) is 0 Å². The van der Waals surface area contributed by atoms with Crippen molar-refractivity contribution in [2.75, 3.05) is 19.7 Å². The molecule has 0 aliphatic carbocycles. The van der Waals surface area contributed by atoms with E-state index in [-0.39, 0.29) is 11.2 Å². The van der Waals surface area contributed by atoms with Gasteiger partial charge < -0.3 is 4.74 Å². The van der Waals surface area contributed by atoms with E-state index in [4.69, 9.17) is 4.74 Å². The van der Waals surface area contributed by atoms with Crippen LogP contribution in [0.3, 0.4) is 0 Å². The van der Waals surface area contributed by atoms with Gasteiger partial charge in [-0.1, -0.05) is 11.3 Å². The molecule has 0 atom stereocenters. The molecule has 0 aromatic carbocycles. The highest BCUT2D eigenvalue weighted by Crippen LogP contribution is 2.18. The summed E-state index contributed by atoms with van der Waals surface area (Å²) in [4.78, 5) is 19.5. The van der Waals surface area contributed by atoms with Crippen molar-refractivity contribution >= 4 is 16.3 Å². The monoisotopic (exact) mass is 294 g/mol. The first kappa shape index (κ1) is 13.7. The normalized spacial score (nSPS) is 19.6. The Bertz CT molecular complexity index is 691. The summed E-state index contributed by atoms with van der Waals surface area (Å²) >= 11 is 1.44. The maximum atomic E-state index is 12.0. The Balaban J connectivity index is 1.85. The fourth-order valence-corrected chi connectivity index (χ4v) is 3.28. The Kier molecular flexibility index (Phi) is 3.35. The van der Waals surface area contributed by atoms with E-state index in [1.165, 1.54) is 15.9 Å². The van der Waals surface area contributed by atoms with Gasteiger partial charge in [0.1, 0.15) is 5.01 Å². The maximum Gasteiger partial charge on any atom is 0.275 e. The average molecular weight is 294 g/mol. The molecule has 1 aliphatic heterocycles. The fourth-order valence-electron chi connectivity index (χ4n) is 2.51. The minimum atomic E-state index is -0.140. The van der Waals surface area contributed by atoms with Gasteiger partial charge in [-0.3, -0.25) is 9.69 Å². The number of hydrogen-bond acceptors (Lipinski definition) is 6. The first-order valence-corrected chi connectivity index (χ1v) is 7.47. The Morgan fingerprint density at radius 1 is 1.50 bits per heavy atom. The van der Waals surface area contributed by atoms with E-state index in [0.717, 1.165) is 23.8 Å². The van der Waals surface area contributed by atoms with E-state index in [0.29, 0.717) is 18.1 Å². The summed E-state index contributed by atoms with van der Waals surface area (Å²) < 4.78 is 7.06. The van der Waals surface area contributed by atoms with E-state index in [2.05, 4.69) is 28.8 Å². The van der Waals surface area contributed by atoms with E-state index >= 15 is 0 Å². The van der Waals surface area contributed by atoms with E-state index in [1.807, 2.05) is 6.92 Å². The van der Waals surface area contributed by atoms with Gasteiger partial charge in [-0.15, -0.1) is 0 Å². The molecular formula is C13H18N4O2S. The van der Waals surface area contributed by atoms with Crippen LogP contribution in [0, 0.1) is 6.92 Å². The van der Waals surface area contributed by atoms with Crippen LogP contribution in [0.2, 0.25) is 0 Å². The number of ether oxygens (including phenoxy) is 1. The zero-order valence-corrected chi connectivity index (χ0v) is 12.7. The van der Waals surface area contributed by atoms with Crippen LogP contribution in [-0.4, -0.2) is 44.8 Å². The van der Waals surface area contributed by atoms with Gasteiger partial charge in [-0.2, -0.15) is 9.61 Å². The lowest BCUT2D eigenvalue weighted by Gasteiger charge is -2.37. The third-order valence-electron chi connectivity index (χ3n) is 3.29. The molecule has 0 saturated carbocycles. The van der Waals surface area contributed by atoms with Crippen molar-refractivity contribution in [2.45, 2.75) is 32.9 Å². The topological polar surface area (TPSA) is 59.7 Å². The van der Waals surface area contributed by atoms with Crippen molar-refractivity contribution in [1.82, 2.24) is 19.5 Å². The van der Waals surface area contributed by atoms with Crippen LogP contribution < -0.4 is 5.56 Å². The van der Waals surface area contributed by atoms with Gasteiger partial charge in [-0.05, 0) is 20.8 Å². The van der Waals surface area contributed by atoms with Gasteiger partial charge in [0.05, 0.1) is 17.9 Å². The maximum absolute atomic E-state index is 12.0. The van der Waals surface area contributed by atoms with Crippen LogP contribution in [0.1, 0.15) is 24.5 Å². The Morgan fingerprint density at radius 3 is 3.05 bits per heavy atom. The quantitative estimate of drug-likeness (QED) is 0.829. The highest BCUT2D eigenvalue weighted by molar-refractivity contribution is 7.16. The second-order valence-electron chi connectivity index (χ2n) is 5.72. The Morgan fingerprint density at radius 2 is 2.30 bits per heavy atom. The highest BCUT2D eigenvalue weighted by Gasteiger charge is 2.27. The van der Waals surface area contributed by atoms with Crippen LogP contribution in [-0.2, 0) is 11.3 Å². The Labute approximate surface area is 121 Å². The van der Waals surface area contributed by atoms with Crippen molar-refractivity contribution in [2.24, 2.45) is 0 Å². The molecule has 0 N–H and O–H groups in total. The summed E-state index contributed by atoms with van der Waals surface area (Å²) in [7, 11) is 0. The van der Waals surface area contributed by atoms with E-state index in [9.17, 15) is 4.79 Å². The molecule has 1 fully saturated rings. The molecule has 2 aromatic heterocycles. The number of nitrogens with zero attached hydrogens (tertiary/aromatic N) is 4. The highest BCUT2D eigenvalue weighted by atomic mass is 32.1. The summed E-state index contributed by atoms with van der Waals surface area (Å²) in [6.45, 7) is 9.14. The van der Waals surface area contributed by atoms with Gasteiger partial charge in [0.15, 0.2) is 0 Å². The third kappa shape index (κ3) is 2.74. The number of aromatic nitrogens is 3. The van der Waals surface area contributed by atoms with Crippen molar-refractivity contribution in [3.63, 3.8) is 0 Å². The van der Waals surface area contributed by atoms with Gasteiger partial charge in [0.2, 0.25) is 4.96 Å². The minimum absolute atomic E-state index is 0.109. The first-order valence-electron chi connectivity index (χ1n) is 6.66. The predicted molar refractivity (Wildman–Crippen MR) is 77.2 cm³/mol. The molecule has 0 unspecified atom stereocenters. The summed E-state index contributed by atoms with van der Waals surface area (Å²) in [5.41, 5.74) is 0.552. The molecule has 0 amide bonds. The molecule has 2 aromatic rings. The second-order valence-corrected chi connectivity index (χ2v) is 6.88. The standard InChI is InChI=1S/C13H18N4O2S/c1-9-15-17-11(18)6-10(14-12(17)20-9)7-16-4-5-19-13(2,3)8-16/h6H,4-5,7-8H2,1-3H3. The van der Waals surface area contributed by atoms with Crippen LogP contribution in [0.5, 0.6) is 0 Å². The largest absolute Gasteiger partial charge is 0.373 e. The van der Waals surface area contributed by atoms with Crippen LogP contribution >= 0.6 is 11.3 Å². The summed E-state index contributed by atoms with van der Waals surface area (Å²) in [5, 5.41) is 5.00.